The van der Waals surface area contributed by atoms with Gasteiger partial charge in [-0.2, -0.15) is 0 Å². The van der Waals surface area contributed by atoms with Crippen molar-refractivity contribution < 1.29 is 14.9 Å². The van der Waals surface area contributed by atoms with Crippen LogP contribution >= 0.6 is 0 Å². The molecule has 0 aliphatic heterocycles. The fourth-order valence-corrected chi connectivity index (χ4v) is 5.29. The van der Waals surface area contributed by atoms with Crippen LogP contribution in [-0.4, -0.2) is 17.3 Å². The van der Waals surface area contributed by atoms with E-state index in [0.717, 1.165) is 51.1 Å². The predicted octanol–water partition coefficient (Wildman–Crippen LogP) is 8.18. The summed E-state index contributed by atoms with van der Waals surface area (Å²) in [5.41, 5.74) is 6.15. The molecule has 0 aliphatic rings. The van der Waals surface area contributed by atoms with Crippen LogP contribution in [0.15, 0.2) is 121 Å². The molecular weight excluding hydrogens is 456 g/mol. The highest BCUT2D eigenvalue weighted by atomic mass is 16.5. The summed E-state index contributed by atoms with van der Waals surface area (Å²) < 4.78 is 5.45. The molecule has 0 heterocycles. The van der Waals surface area contributed by atoms with Crippen molar-refractivity contribution in [1.29, 1.82) is 0 Å². The Bertz CT molecular complexity index is 1400. The van der Waals surface area contributed by atoms with Gasteiger partial charge in [0.2, 0.25) is 0 Å². The first-order valence-electron chi connectivity index (χ1n) is 12.5. The van der Waals surface area contributed by atoms with Crippen LogP contribution in [0.3, 0.4) is 0 Å². The quantitative estimate of drug-likeness (QED) is 0.228. The van der Waals surface area contributed by atoms with Gasteiger partial charge in [-0.25, -0.2) is 0 Å². The maximum Gasteiger partial charge on any atom is 0.123 e. The fraction of sp³-hybridized carbons (Fsp3) is 0.118. The Hall–Kier alpha value is -4.50. The molecule has 5 rings (SSSR count). The van der Waals surface area contributed by atoms with Crippen molar-refractivity contribution in [2.75, 3.05) is 7.11 Å². The lowest BCUT2D eigenvalue weighted by atomic mass is 9.67. The number of hydrogen-bond acceptors (Lipinski definition) is 3. The van der Waals surface area contributed by atoms with E-state index < -0.39 is 5.41 Å². The molecule has 0 fully saturated rings. The van der Waals surface area contributed by atoms with Crippen molar-refractivity contribution in [2.24, 2.45) is 0 Å². The van der Waals surface area contributed by atoms with E-state index in [0.29, 0.717) is 0 Å². The van der Waals surface area contributed by atoms with Crippen LogP contribution in [0.25, 0.3) is 22.3 Å². The van der Waals surface area contributed by atoms with E-state index in [4.69, 9.17) is 4.74 Å². The summed E-state index contributed by atoms with van der Waals surface area (Å²) in [4.78, 5) is 0. The zero-order chi connectivity index (χ0) is 25.8. The van der Waals surface area contributed by atoms with Gasteiger partial charge >= 0.3 is 0 Å². The van der Waals surface area contributed by atoms with Gasteiger partial charge in [0.05, 0.1) is 7.11 Å². The molecule has 0 aliphatic carbocycles. The molecule has 0 atom stereocenters. The topological polar surface area (TPSA) is 49.7 Å². The Morgan fingerprint density at radius 2 is 1.00 bits per heavy atom. The van der Waals surface area contributed by atoms with Crippen LogP contribution in [0.5, 0.6) is 17.2 Å². The molecule has 0 aromatic heterocycles. The summed E-state index contributed by atoms with van der Waals surface area (Å²) in [6, 6.07) is 39.8. The second-order valence-corrected chi connectivity index (χ2v) is 9.18. The number of phenolic OH excluding ortho intramolecular Hbond substituents is 2. The number of aromatic hydroxyl groups is 2. The molecule has 0 unspecified atom stereocenters. The standard InChI is InChI=1S/C34H30O3/c1-3-34(26-14-18-29(37-2)19-15-26,27-16-20-32(35)30(22-27)24-10-6-4-7-11-24)28-17-21-33(36)31(23-28)25-12-8-5-9-13-25/h4-23,35-36H,3H2,1-2H3. The summed E-state index contributed by atoms with van der Waals surface area (Å²) in [5.74, 6) is 1.27. The third kappa shape index (κ3) is 4.45. The van der Waals surface area contributed by atoms with Gasteiger partial charge in [0.1, 0.15) is 17.2 Å². The Labute approximate surface area is 218 Å². The van der Waals surface area contributed by atoms with E-state index in [1.807, 2.05) is 84.9 Å². The monoisotopic (exact) mass is 486 g/mol. The third-order valence-corrected chi connectivity index (χ3v) is 7.26. The number of ether oxygens (including phenoxy) is 1. The van der Waals surface area contributed by atoms with Crippen LogP contribution < -0.4 is 4.74 Å². The lowest BCUT2D eigenvalue weighted by Crippen LogP contribution is -2.28. The van der Waals surface area contributed by atoms with Gasteiger partial charge in [0.25, 0.3) is 0 Å². The maximum absolute atomic E-state index is 10.8. The normalized spacial score (nSPS) is 11.3. The van der Waals surface area contributed by atoms with E-state index in [-0.39, 0.29) is 11.5 Å². The lowest BCUT2D eigenvalue weighted by Gasteiger charge is -2.36. The first kappa shape index (κ1) is 24.2. The van der Waals surface area contributed by atoms with Crippen LogP contribution in [0.2, 0.25) is 0 Å². The Kier molecular flexibility index (Phi) is 6.70. The highest BCUT2D eigenvalue weighted by Gasteiger charge is 2.36. The SMILES string of the molecule is CCC(c1ccc(OC)cc1)(c1ccc(O)c(-c2ccccc2)c1)c1ccc(O)c(-c2ccccc2)c1. The van der Waals surface area contributed by atoms with E-state index in [2.05, 4.69) is 31.2 Å². The van der Waals surface area contributed by atoms with E-state index in [1.54, 1.807) is 19.2 Å². The average molecular weight is 487 g/mol. The molecule has 0 spiro atoms. The molecule has 3 nitrogen and oxygen atoms in total. The highest BCUT2D eigenvalue weighted by Crippen LogP contribution is 2.47. The lowest BCUT2D eigenvalue weighted by molar-refractivity contribution is 0.414. The molecule has 5 aromatic carbocycles. The van der Waals surface area contributed by atoms with Gasteiger partial charge in [0.15, 0.2) is 0 Å². The number of phenols is 2. The van der Waals surface area contributed by atoms with Gasteiger partial charge < -0.3 is 14.9 Å². The van der Waals surface area contributed by atoms with Crippen molar-refractivity contribution in [1.82, 2.24) is 0 Å². The molecule has 0 saturated carbocycles. The highest BCUT2D eigenvalue weighted by molar-refractivity contribution is 5.74. The summed E-state index contributed by atoms with van der Waals surface area (Å²) in [6.07, 6.45) is 0.761. The molecule has 2 N–H and O–H groups in total. The molecule has 3 heteroatoms. The van der Waals surface area contributed by atoms with Gasteiger partial charge in [-0.15, -0.1) is 0 Å². The van der Waals surface area contributed by atoms with Gasteiger partial charge in [0, 0.05) is 16.5 Å². The van der Waals surface area contributed by atoms with E-state index in [1.165, 1.54) is 0 Å². The van der Waals surface area contributed by atoms with Crippen molar-refractivity contribution >= 4 is 0 Å². The number of methoxy groups -OCH3 is 1. The minimum atomic E-state index is -0.541. The second-order valence-electron chi connectivity index (χ2n) is 9.18. The molecule has 37 heavy (non-hydrogen) atoms. The molecular formula is C34H30O3. The Balaban J connectivity index is 1.78. The molecule has 184 valence electrons. The van der Waals surface area contributed by atoms with Crippen molar-refractivity contribution in [2.45, 2.75) is 18.8 Å². The molecule has 5 aromatic rings. The molecule has 0 amide bonds. The van der Waals surface area contributed by atoms with Crippen molar-refractivity contribution in [3.05, 3.63) is 138 Å². The van der Waals surface area contributed by atoms with Crippen LogP contribution in [0.4, 0.5) is 0 Å². The summed E-state index contributed by atoms with van der Waals surface area (Å²) in [7, 11) is 1.67. The average Bonchev–Trinajstić information content (AvgIpc) is 2.96. The number of benzene rings is 5. The Morgan fingerprint density at radius 1 is 0.568 bits per heavy atom. The van der Waals surface area contributed by atoms with E-state index in [9.17, 15) is 10.2 Å². The van der Waals surface area contributed by atoms with Gasteiger partial charge in [-0.05, 0) is 70.6 Å². The summed E-state index contributed by atoms with van der Waals surface area (Å²) in [6.45, 7) is 2.17. The van der Waals surface area contributed by atoms with E-state index >= 15 is 0 Å². The smallest absolute Gasteiger partial charge is 0.123 e. The maximum atomic E-state index is 10.8. The minimum absolute atomic E-state index is 0.241. The predicted molar refractivity (Wildman–Crippen MR) is 150 cm³/mol. The molecule has 0 saturated heterocycles. The zero-order valence-electron chi connectivity index (χ0n) is 21.1. The number of rotatable bonds is 7. The fourth-order valence-electron chi connectivity index (χ4n) is 5.29. The van der Waals surface area contributed by atoms with Gasteiger partial charge in [-0.1, -0.05) is 91.9 Å². The van der Waals surface area contributed by atoms with Crippen LogP contribution in [-0.2, 0) is 5.41 Å². The van der Waals surface area contributed by atoms with Gasteiger partial charge in [-0.3, -0.25) is 0 Å². The van der Waals surface area contributed by atoms with Crippen LogP contribution in [0.1, 0.15) is 30.0 Å². The second kappa shape index (κ2) is 10.2. The van der Waals surface area contributed by atoms with Crippen molar-refractivity contribution in [3.8, 4) is 39.5 Å². The minimum Gasteiger partial charge on any atom is -0.507 e. The largest absolute Gasteiger partial charge is 0.507 e. The summed E-state index contributed by atoms with van der Waals surface area (Å²) >= 11 is 0. The zero-order valence-corrected chi connectivity index (χ0v) is 21.1. The first-order valence-corrected chi connectivity index (χ1v) is 12.5. The Morgan fingerprint density at radius 3 is 1.41 bits per heavy atom. The summed E-state index contributed by atoms with van der Waals surface area (Å²) in [5, 5.41) is 21.6. The number of hydrogen-bond donors (Lipinski definition) is 2. The molecule has 0 radical (unpaired) electrons. The molecule has 0 bridgehead atoms. The van der Waals surface area contributed by atoms with Crippen molar-refractivity contribution in [3.63, 3.8) is 0 Å². The van der Waals surface area contributed by atoms with Crippen LogP contribution in [0, 0.1) is 0 Å². The third-order valence-electron chi connectivity index (χ3n) is 7.26. The first-order chi connectivity index (χ1) is 18.1.